The van der Waals surface area contributed by atoms with E-state index in [1.54, 1.807) is 0 Å². The molecule has 6 rings (SSSR count). The van der Waals surface area contributed by atoms with E-state index in [4.69, 9.17) is 14.4 Å². The van der Waals surface area contributed by atoms with Gasteiger partial charge in [0.1, 0.15) is 22.6 Å². The average molecular weight is 415 g/mol. The van der Waals surface area contributed by atoms with Crippen molar-refractivity contribution >= 4 is 32.8 Å². The van der Waals surface area contributed by atoms with Gasteiger partial charge in [-0.25, -0.2) is 9.97 Å². The fourth-order valence-electron chi connectivity index (χ4n) is 4.42. The van der Waals surface area contributed by atoms with E-state index in [1.165, 1.54) is 16.5 Å². The number of hydrogen-bond acceptors (Lipinski definition) is 3. The van der Waals surface area contributed by atoms with E-state index in [1.807, 2.05) is 24.3 Å². The first-order valence-electron chi connectivity index (χ1n) is 11.0. The molecule has 0 N–H and O–H groups in total. The minimum Gasteiger partial charge on any atom is -0.452 e. The van der Waals surface area contributed by atoms with E-state index in [9.17, 15) is 0 Å². The largest absolute Gasteiger partial charge is 0.452 e. The number of rotatable bonds is 3. The first kappa shape index (κ1) is 18.8. The monoisotopic (exact) mass is 414 g/mol. The highest BCUT2D eigenvalue weighted by atomic mass is 16.3. The van der Waals surface area contributed by atoms with Gasteiger partial charge in [0, 0.05) is 16.9 Å². The third-order valence-corrected chi connectivity index (χ3v) is 6.02. The summed E-state index contributed by atoms with van der Waals surface area (Å²) >= 11 is 0. The molecule has 6 aromatic rings. The lowest BCUT2D eigenvalue weighted by atomic mass is 9.93. The summed E-state index contributed by atoms with van der Waals surface area (Å²) in [5, 5.41) is 3.38. The number of hydrogen-bond donors (Lipinski definition) is 0. The second-order valence-corrected chi connectivity index (χ2v) is 8.43. The molecule has 154 valence electrons. The van der Waals surface area contributed by atoms with Crippen LogP contribution >= 0.6 is 0 Å². The van der Waals surface area contributed by atoms with Crippen molar-refractivity contribution in [1.82, 2.24) is 9.97 Å². The minimum atomic E-state index is 0.210. The van der Waals surface area contributed by atoms with Gasteiger partial charge in [0.05, 0.1) is 0 Å². The minimum absolute atomic E-state index is 0.210. The van der Waals surface area contributed by atoms with Crippen LogP contribution in [0.5, 0.6) is 0 Å². The molecule has 0 saturated carbocycles. The molecule has 0 atom stereocenters. The quantitative estimate of drug-likeness (QED) is 0.294. The topological polar surface area (TPSA) is 38.9 Å². The summed E-state index contributed by atoms with van der Waals surface area (Å²) < 4.78 is 6.31. The van der Waals surface area contributed by atoms with Crippen LogP contribution in [0.4, 0.5) is 0 Å². The van der Waals surface area contributed by atoms with Crippen molar-refractivity contribution in [2.24, 2.45) is 0 Å². The molecular formula is C29H22N2O. The van der Waals surface area contributed by atoms with Crippen LogP contribution in [-0.4, -0.2) is 9.97 Å². The number of benzene rings is 4. The maximum atomic E-state index is 6.31. The number of fused-ring (bicyclic) bond motifs is 4. The van der Waals surface area contributed by atoms with Crippen LogP contribution in [0.2, 0.25) is 0 Å². The van der Waals surface area contributed by atoms with Crippen molar-refractivity contribution in [2.45, 2.75) is 19.8 Å². The summed E-state index contributed by atoms with van der Waals surface area (Å²) in [6, 6.07) is 31.5. The lowest BCUT2D eigenvalue weighted by Gasteiger charge is -2.13. The van der Waals surface area contributed by atoms with E-state index < -0.39 is 0 Å². The molecule has 2 heterocycles. The van der Waals surface area contributed by atoms with Crippen molar-refractivity contribution in [3.05, 3.63) is 96.8 Å². The van der Waals surface area contributed by atoms with Gasteiger partial charge in [-0.3, -0.25) is 0 Å². The van der Waals surface area contributed by atoms with Crippen molar-refractivity contribution in [1.29, 1.82) is 0 Å². The van der Waals surface area contributed by atoms with Gasteiger partial charge in [0.2, 0.25) is 0 Å². The Morgan fingerprint density at radius 2 is 1.25 bits per heavy atom. The van der Waals surface area contributed by atoms with Crippen LogP contribution in [0.25, 0.3) is 55.2 Å². The van der Waals surface area contributed by atoms with E-state index in [-0.39, 0.29) is 5.92 Å². The predicted octanol–water partition coefficient (Wildman–Crippen LogP) is 7.99. The highest BCUT2D eigenvalue weighted by Crippen LogP contribution is 2.39. The molecule has 0 spiro atoms. The lowest BCUT2D eigenvalue weighted by molar-refractivity contribution is 0.664. The fourth-order valence-corrected chi connectivity index (χ4v) is 4.42. The smallest absolute Gasteiger partial charge is 0.180 e. The van der Waals surface area contributed by atoms with Crippen molar-refractivity contribution in [2.75, 3.05) is 0 Å². The Kier molecular flexibility index (Phi) is 4.29. The molecule has 0 bridgehead atoms. The average Bonchev–Trinajstić information content (AvgIpc) is 3.22. The summed E-state index contributed by atoms with van der Waals surface area (Å²) in [6.07, 6.45) is 0. The molecule has 0 amide bonds. The van der Waals surface area contributed by atoms with Crippen molar-refractivity contribution in [3.63, 3.8) is 0 Å². The second-order valence-electron chi connectivity index (χ2n) is 8.43. The molecule has 3 heteroatoms. The zero-order valence-electron chi connectivity index (χ0n) is 18.0. The predicted molar refractivity (Wildman–Crippen MR) is 132 cm³/mol. The van der Waals surface area contributed by atoms with E-state index in [2.05, 4.69) is 80.6 Å². The fraction of sp³-hybridized carbons (Fsp3) is 0.103. The van der Waals surface area contributed by atoms with Gasteiger partial charge in [0.25, 0.3) is 0 Å². The van der Waals surface area contributed by atoms with Crippen LogP contribution < -0.4 is 0 Å². The number of furan rings is 1. The molecule has 0 aliphatic heterocycles. The molecule has 3 nitrogen and oxygen atoms in total. The summed E-state index contributed by atoms with van der Waals surface area (Å²) in [7, 11) is 0. The standard InChI is InChI=1S/C29H22N2O/c1-18(2)29-30-26(28-27(31-29)24-14-8-9-15-25(24)32-28)23-17-16-20(19-10-4-3-5-11-19)21-12-6-7-13-22(21)23/h3-18H,1-2H3. The number of para-hydroxylation sites is 1. The molecular weight excluding hydrogens is 392 g/mol. The third kappa shape index (κ3) is 2.89. The van der Waals surface area contributed by atoms with Crippen LogP contribution in [0.15, 0.2) is 95.4 Å². The molecule has 32 heavy (non-hydrogen) atoms. The normalized spacial score (nSPS) is 11.7. The van der Waals surface area contributed by atoms with Gasteiger partial charge in [-0.15, -0.1) is 0 Å². The van der Waals surface area contributed by atoms with Gasteiger partial charge >= 0.3 is 0 Å². The molecule has 0 unspecified atom stereocenters. The molecule has 2 aromatic heterocycles. The van der Waals surface area contributed by atoms with E-state index in [0.717, 1.165) is 44.5 Å². The molecule has 0 saturated heterocycles. The van der Waals surface area contributed by atoms with Gasteiger partial charge in [-0.2, -0.15) is 0 Å². The van der Waals surface area contributed by atoms with Gasteiger partial charge in [-0.05, 0) is 34.0 Å². The third-order valence-electron chi connectivity index (χ3n) is 6.02. The van der Waals surface area contributed by atoms with Crippen LogP contribution in [0.1, 0.15) is 25.6 Å². The van der Waals surface area contributed by atoms with E-state index >= 15 is 0 Å². The molecule has 4 aromatic carbocycles. The SMILES string of the molecule is CC(C)c1nc(-c2ccc(-c3ccccc3)c3ccccc23)c2oc3ccccc3c2n1. The Morgan fingerprint density at radius 3 is 2.00 bits per heavy atom. The summed E-state index contributed by atoms with van der Waals surface area (Å²) in [6.45, 7) is 4.26. The molecule has 0 fully saturated rings. The highest BCUT2D eigenvalue weighted by Gasteiger charge is 2.20. The van der Waals surface area contributed by atoms with Crippen LogP contribution in [-0.2, 0) is 0 Å². The van der Waals surface area contributed by atoms with Crippen LogP contribution in [0, 0.1) is 0 Å². The number of aromatic nitrogens is 2. The Hall–Kier alpha value is -3.98. The van der Waals surface area contributed by atoms with Gasteiger partial charge in [0.15, 0.2) is 5.58 Å². The summed E-state index contributed by atoms with van der Waals surface area (Å²) in [5.41, 5.74) is 6.79. The Bertz CT molecular complexity index is 1600. The van der Waals surface area contributed by atoms with Crippen molar-refractivity contribution in [3.8, 4) is 22.4 Å². The van der Waals surface area contributed by atoms with Gasteiger partial charge in [-0.1, -0.05) is 92.7 Å². The molecule has 0 aliphatic carbocycles. The first-order chi connectivity index (χ1) is 15.7. The molecule has 0 radical (unpaired) electrons. The van der Waals surface area contributed by atoms with Gasteiger partial charge < -0.3 is 4.42 Å². The Morgan fingerprint density at radius 1 is 0.625 bits per heavy atom. The second kappa shape index (κ2) is 7.31. The number of nitrogens with zero attached hydrogens (tertiary/aromatic N) is 2. The zero-order valence-corrected chi connectivity index (χ0v) is 18.0. The summed E-state index contributed by atoms with van der Waals surface area (Å²) in [4.78, 5) is 9.90. The Balaban J connectivity index is 1.70. The first-order valence-corrected chi connectivity index (χ1v) is 11.0. The summed E-state index contributed by atoms with van der Waals surface area (Å²) in [5.74, 6) is 1.04. The zero-order chi connectivity index (χ0) is 21.7. The maximum Gasteiger partial charge on any atom is 0.180 e. The van der Waals surface area contributed by atoms with Crippen molar-refractivity contribution < 1.29 is 4.42 Å². The lowest BCUT2D eigenvalue weighted by Crippen LogP contribution is -2.00. The Labute approximate surface area is 186 Å². The highest BCUT2D eigenvalue weighted by molar-refractivity contribution is 6.11. The maximum absolute atomic E-state index is 6.31. The molecule has 0 aliphatic rings. The van der Waals surface area contributed by atoms with Crippen LogP contribution in [0.3, 0.4) is 0 Å². The van der Waals surface area contributed by atoms with E-state index in [0.29, 0.717) is 0 Å².